The van der Waals surface area contributed by atoms with Crippen molar-refractivity contribution in [3.05, 3.63) is 52.8 Å². The van der Waals surface area contributed by atoms with Gasteiger partial charge in [0.15, 0.2) is 0 Å². The minimum absolute atomic E-state index is 0.124. The van der Waals surface area contributed by atoms with Gasteiger partial charge in [-0.1, -0.05) is 36.8 Å². The number of nitrogens with zero attached hydrogens (tertiary/aromatic N) is 1. The first-order chi connectivity index (χ1) is 11.6. The van der Waals surface area contributed by atoms with Gasteiger partial charge in [0.2, 0.25) is 5.91 Å². The summed E-state index contributed by atoms with van der Waals surface area (Å²) in [6, 6.07) is 11.0. The van der Waals surface area contributed by atoms with E-state index in [0.717, 1.165) is 22.9 Å². The van der Waals surface area contributed by atoms with Gasteiger partial charge in [0.1, 0.15) is 0 Å². The maximum Gasteiger partial charge on any atom is 0.224 e. The quantitative estimate of drug-likeness (QED) is 0.907. The molecule has 4 atom stereocenters. The second-order valence-electron chi connectivity index (χ2n) is 7.38. The summed E-state index contributed by atoms with van der Waals surface area (Å²) < 4.78 is 0. The van der Waals surface area contributed by atoms with Crippen molar-refractivity contribution in [1.82, 2.24) is 15.5 Å². The van der Waals surface area contributed by atoms with Gasteiger partial charge < -0.3 is 5.32 Å². The average molecular weight is 323 g/mol. The summed E-state index contributed by atoms with van der Waals surface area (Å²) in [4.78, 5) is 12.6. The number of rotatable bonds is 4. The van der Waals surface area contributed by atoms with Crippen molar-refractivity contribution in [2.24, 2.45) is 11.8 Å². The van der Waals surface area contributed by atoms with Crippen molar-refractivity contribution in [2.45, 2.75) is 51.5 Å². The number of fused-ring (bicyclic) bond motifs is 1. The lowest BCUT2D eigenvalue weighted by Gasteiger charge is -2.49. The lowest BCUT2D eigenvalue weighted by Crippen LogP contribution is -2.56. The number of hydrogen-bond acceptors (Lipinski definition) is 2. The van der Waals surface area contributed by atoms with E-state index < -0.39 is 0 Å². The van der Waals surface area contributed by atoms with Gasteiger partial charge >= 0.3 is 0 Å². The fourth-order valence-corrected chi connectivity index (χ4v) is 4.85. The van der Waals surface area contributed by atoms with E-state index >= 15 is 0 Å². The minimum Gasteiger partial charge on any atom is -0.352 e. The first-order valence-electron chi connectivity index (χ1n) is 9.00. The molecule has 2 aliphatic carbocycles. The highest BCUT2D eigenvalue weighted by molar-refractivity contribution is 5.79. The number of aryl methyl sites for hydroxylation is 2. The molecular formula is C20H25N3O. The Morgan fingerprint density at radius 2 is 1.96 bits per heavy atom. The number of aromatic amines is 1. The van der Waals surface area contributed by atoms with Crippen molar-refractivity contribution in [3.63, 3.8) is 0 Å². The molecule has 2 N–H and O–H groups in total. The van der Waals surface area contributed by atoms with Crippen molar-refractivity contribution in [1.29, 1.82) is 0 Å². The van der Waals surface area contributed by atoms with Gasteiger partial charge in [0.05, 0.1) is 12.1 Å². The molecule has 4 heteroatoms. The first kappa shape index (κ1) is 15.4. The maximum atomic E-state index is 12.6. The van der Waals surface area contributed by atoms with E-state index in [0.29, 0.717) is 24.3 Å². The van der Waals surface area contributed by atoms with E-state index in [1.54, 1.807) is 0 Å². The van der Waals surface area contributed by atoms with E-state index in [2.05, 4.69) is 45.8 Å². The number of H-pyrrole nitrogens is 1. The van der Waals surface area contributed by atoms with Gasteiger partial charge in [-0.2, -0.15) is 5.10 Å². The van der Waals surface area contributed by atoms with Gasteiger partial charge in [-0.25, -0.2) is 0 Å². The highest BCUT2D eigenvalue weighted by Crippen LogP contribution is 2.55. The normalized spacial score (nSPS) is 28.2. The van der Waals surface area contributed by atoms with Gasteiger partial charge in [-0.3, -0.25) is 9.89 Å². The van der Waals surface area contributed by atoms with E-state index in [-0.39, 0.29) is 5.91 Å². The smallest absolute Gasteiger partial charge is 0.224 e. The summed E-state index contributed by atoms with van der Waals surface area (Å²) in [6.07, 6.45) is 4.27. The number of carbonyl (C=O) groups excluding carboxylic acids is 1. The lowest BCUT2D eigenvalue weighted by atomic mass is 9.60. The molecule has 0 unspecified atom stereocenters. The Kier molecular flexibility index (Phi) is 3.91. The predicted molar refractivity (Wildman–Crippen MR) is 93.7 cm³/mol. The van der Waals surface area contributed by atoms with Gasteiger partial charge in [-0.15, -0.1) is 0 Å². The SMILES string of the molecule is Cc1n[nH]c(C)c1CC(=O)N[C@@H]1[C@@H]2CCC[C@H]2[C@H]1c1ccccc1. The molecule has 0 radical (unpaired) electrons. The maximum absolute atomic E-state index is 12.6. The fraction of sp³-hybridized carbons (Fsp3) is 0.500. The van der Waals surface area contributed by atoms with Crippen LogP contribution in [0.3, 0.4) is 0 Å². The molecule has 2 aromatic rings. The Labute approximate surface area is 143 Å². The Hall–Kier alpha value is -2.10. The van der Waals surface area contributed by atoms with Gasteiger partial charge in [0.25, 0.3) is 0 Å². The molecule has 0 bridgehead atoms. The van der Waals surface area contributed by atoms with Crippen LogP contribution in [0.15, 0.2) is 30.3 Å². The molecule has 4 nitrogen and oxygen atoms in total. The molecule has 1 amide bonds. The van der Waals surface area contributed by atoms with Crippen LogP contribution < -0.4 is 5.32 Å². The van der Waals surface area contributed by atoms with Crippen molar-refractivity contribution < 1.29 is 4.79 Å². The van der Waals surface area contributed by atoms with Gasteiger partial charge in [-0.05, 0) is 44.1 Å². The zero-order valence-corrected chi connectivity index (χ0v) is 14.4. The molecule has 2 fully saturated rings. The van der Waals surface area contributed by atoms with Crippen molar-refractivity contribution in [3.8, 4) is 0 Å². The van der Waals surface area contributed by atoms with E-state index in [1.807, 2.05) is 13.8 Å². The Morgan fingerprint density at radius 3 is 2.67 bits per heavy atom. The summed E-state index contributed by atoms with van der Waals surface area (Å²) in [7, 11) is 0. The van der Waals surface area contributed by atoms with Crippen LogP contribution in [0.25, 0.3) is 0 Å². The second kappa shape index (κ2) is 6.08. The molecule has 4 rings (SSSR count). The van der Waals surface area contributed by atoms with Crippen LogP contribution in [0.1, 0.15) is 47.7 Å². The molecule has 1 aromatic heterocycles. The predicted octanol–water partition coefficient (Wildman–Crippen LogP) is 3.27. The highest BCUT2D eigenvalue weighted by Gasteiger charge is 2.53. The average Bonchev–Trinajstić information content (AvgIpc) is 3.12. The van der Waals surface area contributed by atoms with E-state index in [9.17, 15) is 4.79 Å². The van der Waals surface area contributed by atoms with Crippen LogP contribution in [0.2, 0.25) is 0 Å². The fourth-order valence-electron chi connectivity index (χ4n) is 4.85. The summed E-state index contributed by atoms with van der Waals surface area (Å²) in [5, 5.41) is 10.5. The topological polar surface area (TPSA) is 57.8 Å². The Bertz CT molecular complexity index is 717. The summed E-state index contributed by atoms with van der Waals surface area (Å²) >= 11 is 0. The third-order valence-electron chi connectivity index (χ3n) is 6.06. The van der Waals surface area contributed by atoms with Crippen LogP contribution in [-0.4, -0.2) is 22.1 Å². The van der Waals surface area contributed by atoms with Crippen molar-refractivity contribution in [2.75, 3.05) is 0 Å². The van der Waals surface area contributed by atoms with E-state index in [1.165, 1.54) is 24.8 Å². The zero-order chi connectivity index (χ0) is 16.7. The minimum atomic E-state index is 0.124. The van der Waals surface area contributed by atoms with Crippen LogP contribution in [0, 0.1) is 25.7 Å². The van der Waals surface area contributed by atoms with E-state index in [4.69, 9.17) is 0 Å². The standard InChI is InChI=1S/C20H25N3O/c1-12-17(13(2)23-22-12)11-18(24)21-20-16-10-6-9-15(16)19(20)14-7-4-3-5-8-14/h3-5,7-8,15-16,19-20H,6,9-11H2,1-2H3,(H,21,24)(H,22,23)/t15-,16-,19-,20-/m1/s1. The molecule has 2 saturated carbocycles. The van der Waals surface area contributed by atoms with Crippen LogP contribution in [0.5, 0.6) is 0 Å². The Balaban J connectivity index is 1.49. The zero-order valence-electron chi connectivity index (χ0n) is 14.4. The summed E-state index contributed by atoms with van der Waals surface area (Å²) in [5.74, 6) is 2.01. The van der Waals surface area contributed by atoms with Crippen LogP contribution >= 0.6 is 0 Å². The Morgan fingerprint density at radius 1 is 1.21 bits per heavy atom. The monoisotopic (exact) mass is 323 g/mol. The molecule has 1 heterocycles. The molecule has 0 spiro atoms. The molecule has 0 aliphatic heterocycles. The second-order valence-corrected chi connectivity index (χ2v) is 7.38. The molecule has 2 aliphatic rings. The van der Waals surface area contributed by atoms with Crippen molar-refractivity contribution >= 4 is 5.91 Å². The number of nitrogens with one attached hydrogen (secondary N) is 2. The molecular weight excluding hydrogens is 298 g/mol. The third-order valence-corrected chi connectivity index (χ3v) is 6.06. The molecule has 24 heavy (non-hydrogen) atoms. The molecule has 0 saturated heterocycles. The summed E-state index contributed by atoms with van der Waals surface area (Å²) in [6.45, 7) is 3.93. The van der Waals surface area contributed by atoms with Crippen LogP contribution in [0.4, 0.5) is 0 Å². The van der Waals surface area contributed by atoms with Gasteiger partial charge in [0, 0.05) is 23.2 Å². The number of hydrogen-bond donors (Lipinski definition) is 2. The van der Waals surface area contributed by atoms with Crippen LogP contribution in [-0.2, 0) is 11.2 Å². The molecule has 126 valence electrons. The number of carbonyl (C=O) groups is 1. The number of aromatic nitrogens is 2. The molecule has 1 aromatic carbocycles. The number of benzene rings is 1. The largest absolute Gasteiger partial charge is 0.352 e. The number of amides is 1. The lowest BCUT2D eigenvalue weighted by molar-refractivity contribution is -0.123. The highest BCUT2D eigenvalue weighted by atomic mass is 16.1. The summed E-state index contributed by atoms with van der Waals surface area (Å²) in [5.41, 5.74) is 4.33. The first-order valence-corrected chi connectivity index (χ1v) is 9.00. The third kappa shape index (κ3) is 2.54.